The molecule has 0 aromatic heterocycles. The number of hydrogen-bond donors (Lipinski definition) is 3. The molecule has 0 saturated carbocycles. The molecule has 6 heteroatoms. The van der Waals surface area contributed by atoms with Crippen molar-refractivity contribution in [2.75, 3.05) is 17.6 Å². The van der Waals surface area contributed by atoms with E-state index in [0.29, 0.717) is 12.2 Å². The van der Waals surface area contributed by atoms with Gasteiger partial charge in [-0.3, -0.25) is 4.55 Å². The molecule has 0 unspecified atom stereocenters. The van der Waals surface area contributed by atoms with E-state index in [2.05, 4.69) is 5.32 Å². The fraction of sp³-hybridized carbons (Fsp3) is 0.333. The fourth-order valence-corrected chi connectivity index (χ4v) is 2.64. The minimum atomic E-state index is -4.26. The predicted octanol–water partition coefficient (Wildman–Crippen LogP) is 0.874. The van der Waals surface area contributed by atoms with Gasteiger partial charge in [-0.05, 0) is 24.5 Å². The normalized spacial score (nSPS) is 15.5. The fourth-order valence-electron chi connectivity index (χ4n) is 1.81. The van der Waals surface area contributed by atoms with Crippen LogP contribution < -0.4 is 11.1 Å². The smallest absolute Gasteiger partial charge is 0.298 e. The quantitative estimate of drug-likeness (QED) is 0.490. The third-order valence-electron chi connectivity index (χ3n) is 2.46. The van der Waals surface area contributed by atoms with Gasteiger partial charge in [0.1, 0.15) is 4.90 Å². The molecule has 1 aromatic carbocycles. The summed E-state index contributed by atoms with van der Waals surface area (Å²) in [7, 11) is -4.26. The van der Waals surface area contributed by atoms with Crippen LogP contribution in [-0.4, -0.2) is 19.5 Å². The maximum Gasteiger partial charge on any atom is 0.298 e. The third-order valence-corrected chi connectivity index (χ3v) is 3.41. The van der Waals surface area contributed by atoms with E-state index in [0.717, 1.165) is 18.4 Å². The number of aryl methyl sites for hydroxylation is 1. The van der Waals surface area contributed by atoms with Crippen molar-refractivity contribution < 1.29 is 13.0 Å². The second kappa shape index (κ2) is 3.39. The van der Waals surface area contributed by atoms with Crippen LogP contribution in [0.25, 0.3) is 0 Å². The lowest BCUT2D eigenvalue weighted by Gasteiger charge is -2.21. The number of benzene rings is 1. The Kier molecular flexibility index (Phi) is 2.32. The molecule has 0 radical (unpaired) electrons. The lowest BCUT2D eigenvalue weighted by atomic mass is 10.0. The summed E-state index contributed by atoms with van der Waals surface area (Å²) in [6, 6.07) is 3.29. The zero-order chi connectivity index (χ0) is 11.1. The first-order valence-electron chi connectivity index (χ1n) is 4.63. The average Bonchev–Trinajstić information content (AvgIpc) is 2.15. The summed E-state index contributed by atoms with van der Waals surface area (Å²) < 4.78 is 31.4. The van der Waals surface area contributed by atoms with Crippen LogP contribution in [0.1, 0.15) is 12.0 Å². The lowest BCUT2D eigenvalue weighted by Crippen LogP contribution is -2.17. The van der Waals surface area contributed by atoms with Gasteiger partial charge in [0.05, 0.1) is 11.4 Å². The highest BCUT2D eigenvalue weighted by Gasteiger charge is 2.23. The maximum atomic E-state index is 11.2. The highest BCUT2D eigenvalue weighted by molar-refractivity contribution is 7.86. The number of rotatable bonds is 1. The van der Waals surface area contributed by atoms with Crippen molar-refractivity contribution in [2.45, 2.75) is 17.7 Å². The van der Waals surface area contributed by atoms with Gasteiger partial charge in [0.25, 0.3) is 10.1 Å². The first-order chi connectivity index (χ1) is 7.00. The molecular weight excluding hydrogens is 216 g/mol. The van der Waals surface area contributed by atoms with Crippen LogP contribution >= 0.6 is 0 Å². The monoisotopic (exact) mass is 228 g/mol. The summed E-state index contributed by atoms with van der Waals surface area (Å²) in [5.74, 6) is 0. The molecule has 0 aliphatic carbocycles. The molecule has 0 bridgehead atoms. The van der Waals surface area contributed by atoms with E-state index in [4.69, 9.17) is 10.3 Å². The molecule has 1 aliphatic rings. The van der Waals surface area contributed by atoms with Gasteiger partial charge in [-0.2, -0.15) is 8.42 Å². The van der Waals surface area contributed by atoms with Crippen molar-refractivity contribution in [1.82, 2.24) is 0 Å². The number of fused-ring (bicyclic) bond motifs is 1. The van der Waals surface area contributed by atoms with E-state index < -0.39 is 10.1 Å². The topological polar surface area (TPSA) is 92.4 Å². The average molecular weight is 228 g/mol. The second-order valence-electron chi connectivity index (χ2n) is 3.52. The van der Waals surface area contributed by atoms with Crippen molar-refractivity contribution in [1.29, 1.82) is 0 Å². The van der Waals surface area contributed by atoms with Crippen molar-refractivity contribution in [3.05, 3.63) is 17.7 Å². The third kappa shape index (κ3) is 1.78. The highest BCUT2D eigenvalue weighted by atomic mass is 32.2. The molecule has 4 N–H and O–H groups in total. The summed E-state index contributed by atoms with van der Waals surface area (Å²) in [5.41, 5.74) is 6.95. The number of anilines is 2. The molecule has 0 atom stereocenters. The van der Waals surface area contributed by atoms with Gasteiger partial charge < -0.3 is 11.1 Å². The Morgan fingerprint density at radius 3 is 2.80 bits per heavy atom. The summed E-state index contributed by atoms with van der Waals surface area (Å²) >= 11 is 0. The molecule has 82 valence electrons. The summed E-state index contributed by atoms with van der Waals surface area (Å²) in [4.78, 5) is -0.195. The van der Waals surface area contributed by atoms with Gasteiger partial charge in [0, 0.05) is 6.54 Å². The zero-order valence-corrected chi connectivity index (χ0v) is 8.84. The van der Waals surface area contributed by atoms with E-state index in [1.165, 1.54) is 6.07 Å². The van der Waals surface area contributed by atoms with E-state index in [9.17, 15) is 8.42 Å². The van der Waals surface area contributed by atoms with Gasteiger partial charge in [-0.25, -0.2) is 0 Å². The second-order valence-corrected chi connectivity index (χ2v) is 4.88. The first kappa shape index (κ1) is 10.3. The van der Waals surface area contributed by atoms with E-state index in [-0.39, 0.29) is 10.6 Å². The minimum absolute atomic E-state index is 0.0747. The number of nitrogens with one attached hydrogen (secondary N) is 1. The van der Waals surface area contributed by atoms with Gasteiger partial charge in [0.2, 0.25) is 0 Å². The lowest BCUT2D eigenvalue weighted by molar-refractivity contribution is 0.483. The first-order valence-corrected chi connectivity index (χ1v) is 6.07. The van der Waals surface area contributed by atoms with Crippen molar-refractivity contribution >= 4 is 21.5 Å². The largest absolute Gasteiger partial charge is 0.398 e. The van der Waals surface area contributed by atoms with E-state index >= 15 is 0 Å². The Bertz CT molecular complexity index is 496. The Morgan fingerprint density at radius 1 is 1.40 bits per heavy atom. The Morgan fingerprint density at radius 2 is 2.13 bits per heavy atom. The number of hydrogen-bond acceptors (Lipinski definition) is 4. The summed E-state index contributed by atoms with van der Waals surface area (Å²) in [6.07, 6.45) is 1.74. The molecule has 5 nitrogen and oxygen atoms in total. The Hall–Kier alpha value is -1.27. The number of nitrogen functional groups attached to an aromatic ring is 1. The van der Waals surface area contributed by atoms with Crippen LogP contribution in [0.2, 0.25) is 0 Å². The van der Waals surface area contributed by atoms with Crippen LogP contribution in [-0.2, 0) is 16.5 Å². The molecule has 0 amide bonds. The van der Waals surface area contributed by atoms with Crippen LogP contribution in [0.3, 0.4) is 0 Å². The predicted molar refractivity (Wildman–Crippen MR) is 57.5 cm³/mol. The molecule has 1 heterocycles. The molecular formula is C9H12N2O3S. The molecule has 1 aromatic rings. The highest BCUT2D eigenvalue weighted by Crippen LogP contribution is 2.33. The van der Waals surface area contributed by atoms with Gasteiger partial charge in [-0.1, -0.05) is 6.07 Å². The standard InChI is InChI=1S/C9H12N2O3S/c10-7-4-3-6-2-1-5-11-8(6)9(7)15(12,13)14/h3-4,11H,1-2,5,10H2,(H,12,13,14). The zero-order valence-electron chi connectivity index (χ0n) is 8.03. The minimum Gasteiger partial charge on any atom is -0.398 e. The van der Waals surface area contributed by atoms with Crippen LogP contribution in [0, 0.1) is 0 Å². The summed E-state index contributed by atoms with van der Waals surface area (Å²) in [6.45, 7) is 0.693. The van der Waals surface area contributed by atoms with E-state index in [1.54, 1.807) is 6.07 Å². The number of nitrogens with two attached hydrogens (primary N) is 1. The molecule has 15 heavy (non-hydrogen) atoms. The van der Waals surface area contributed by atoms with Crippen molar-refractivity contribution in [3.63, 3.8) is 0 Å². The SMILES string of the molecule is Nc1ccc2c(c1S(=O)(=O)O)NCCC2. The molecule has 2 rings (SSSR count). The molecule has 0 saturated heterocycles. The van der Waals surface area contributed by atoms with E-state index in [1.807, 2.05) is 0 Å². The summed E-state index contributed by atoms with van der Waals surface area (Å²) in [5, 5.41) is 2.96. The Labute approximate surface area is 88.0 Å². The van der Waals surface area contributed by atoms with Crippen molar-refractivity contribution in [2.24, 2.45) is 0 Å². The van der Waals surface area contributed by atoms with Gasteiger partial charge >= 0.3 is 0 Å². The van der Waals surface area contributed by atoms with Crippen LogP contribution in [0.5, 0.6) is 0 Å². The van der Waals surface area contributed by atoms with Gasteiger partial charge in [0.15, 0.2) is 0 Å². The molecule has 0 fully saturated rings. The van der Waals surface area contributed by atoms with Crippen LogP contribution in [0.15, 0.2) is 17.0 Å². The van der Waals surface area contributed by atoms with Gasteiger partial charge in [-0.15, -0.1) is 0 Å². The van der Waals surface area contributed by atoms with Crippen LogP contribution in [0.4, 0.5) is 11.4 Å². The Balaban J connectivity index is 2.71. The molecule has 0 spiro atoms. The molecule has 1 aliphatic heterocycles. The van der Waals surface area contributed by atoms with Crippen molar-refractivity contribution in [3.8, 4) is 0 Å². The maximum absolute atomic E-state index is 11.2.